The number of carbonyl (C=O) groups is 1. The van der Waals surface area contributed by atoms with Crippen LogP contribution in [0.3, 0.4) is 0 Å². The quantitative estimate of drug-likeness (QED) is 0.824. The molecule has 0 aliphatic rings. The first-order valence-corrected chi connectivity index (χ1v) is 6.67. The molecular formula is C15H23NO3. The van der Waals surface area contributed by atoms with E-state index in [2.05, 4.69) is 5.32 Å². The molecule has 0 aliphatic heterocycles. The van der Waals surface area contributed by atoms with Crippen molar-refractivity contribution in [2.45, 2.75) is 46.3 Å². The van der Waals surface area contributed by atoms with Crippen molar-refractivity contribution in [3.63, 3.8) is 0 Å². The van der Waals surface area contributed by atoms with Gasteiger partial charge >= 0.3 is 0 Å². The summed E-state index contributed by atoms with van der Waals surface area (Å²) in [7, 11) is 1.61. The Bertz CT molecular complexity index is 416. The van der Waals surface area contributed by atoms with Crippen molar-refractivity contribution in [3.8, 4) is 11.5 Å². The van der Waals surface area contributed by atoms with Gasteiger partial charge in [-0.2, -0.15) is 0 Å². The predicted molar refractivity (Wildman–Crippen MR) is 75.5 cm³/mol. The lowest BCUT2D eigenvalue weighted by molar-refractivity contribution is -0.121. The minimum atomic E-state index is 0.0731. The molecule has 19 heavy (non-hydrogen) atoms. The zero-order valence-electron chi connectivity index (χ0n) is 12.2. The summed E-state index contributed by atoms with van der Waals surface area (Å²) in [6.45, 7) is 6.44. The Morgan fingerprint density at radius 1 is 1.32 bits per heavy atom. The zero-order chi connectivity index (χ0) is 14.3. The summed E-state index contributed by atoms with van der Waals surface area (Å²) >= 11 is 0. The van der Waals surface area contributed by atoms with E-state index in [1.165, 1.54) is 0 Å². The van der Waals surface area contributed by atoms with Crippen molar-refractivity contribution >= 4 is 5.91 Å². The number of hydrogen-bond acceptors (Lipinski definition) is 3. The van der Waals surface area contributed by atoms with Crippen molar-refractivity contribution < 1.29 is 14.3 Å². The summed E-state index contributed by atoms with van der Waals surface area (Å²) in [5.41, 5.74) is 0.998. The number of ether oxygens (including phenoxy) is 2. The molecule has 0 aliphatic carbocycles. The number of rotatable bonds is 7. The van der Waals surface area contributed by atoms with E-state index in [-0.39, 0.29) is 12.0 Å². The molecular weight excluding hydrogens is 242 g/mol. The van der Waals surface area contributed by atoms with Gasteiger partial charge in [-0.25, -0.2) is 0 Å². The van der Waals surface area contributed by atoms with Crippen LogP contribution in [-0.4, -0.2) is 19.1 Å². The van der Waals surface area contributed by atoms with Gasteiger partial charge in [-0.05, 0) is 38.0 Å². The lowest BCUT2D eigenvalue weighted by Crippen LogP contribution is -2.22. The summed E-state index contributed by atoms with van der Waals surface area (Å²) in [6, 6.07) is 5.70. The van der Waals surface area contributed by atoms with E-state index >= 15 is 0 Å². The van der Waals surface area contributed by atoms with Crippen LogP contribution in [0.15, 0.2) is 18.2 Å². The van der Waals surface area contributed by atoms with Crippen LogP contribution in [0.1, 0.15) is 39.2 Å². The minimum absolute atomic E-state index is 0.0731. The van der Waals surface area contributed by atoms with Crippen LogP contribution in [0.2, 0.25) is 0 Å². The van der Waals surface area contributed by atoms with E-state index in [0.717, 1.165) is 17.7 Å². The smallest absolute Gasteiger partial charge is 0.220 e. The molecule has 0 unspecified atom stereocenters. The molecule has 1 amide bonds. The van der Waals surface area contributed by atoms with E-state index in [1.807, 2.05) is 39.0 Å². The van der Waals surface area contributed by atoms with Crippen LogP contribution < -0.4 is 14.8 Å². The Balaban J connectivity index is 2.68. The fourth-order valence-electron chi connectivity index (χ4n) is 1.69. The molecule has 0 aromatic heterocycles. The van der Waals surface area contributed by atoms with E-state index < -0.39 is 0 Å². The topological polar surface area (TPSA) is 47.6 Å². The van der Waals surface area contributed by atoms with Gasteiger partial charge in [-0.1, -0.05) is 13.0 Å². The third kappa shape index (κ3) is 5.20. The Morgan fingerprint density at radius 2 is 2.05 bits per heavy atom. The third-order valence-corrected chi connectivity index (χ3v) is 2.56. The molecule has 0 spiro atoms. The predicted octanol–water partition coefficient (Wildman–Crippen LogP) is 2.90. The SMILES string of the molecule is CCCC(=O)NCc1ccc(OC(C)C)c(OC)c1. The first kappa shape index (κ1) is 15.3. The second kappa shape index (κ2) is 7.67. The summed E-state index contributed by atoms with van der Waals surface area (Å²) in [5.74, 6) is 1.49. The minimum Gasteiger partial charge on any atom is -0.493 e. The first-order chi connectivity index (χ1) is 9.06. The highest BCUT2D eigenvalue weighted by molar-refractivity contribution is 5.75. The second-order valence-electron chi connectivity index (χ2n) is 4.68. The van der Waals surface area contributed by atoms with Crippen LogP contribution in [0.4, 0.5) is 0 Å². The highest BCUT2D eigenvalue weighted by atomic mass is 16.5. The molecule has 1 rings (SSSR count). The van der Waals surface area contributed by atoms with Crippen molar-refractivity contribution in [2.75, 3.05) is 7.11 Å². The van der Waals surface area contributed by atoms with Crippen LogP contribution in [0.25, 0.3) is 0 Å². The number of nitrogens with one attached hydrogen (secondary N) is 1. The standard InChI is InChI=1S/C15H23NO3/c1-5-6-15(17)16-10-12-7-8-13(19-11(2)3)14(9-12)18-4/h7-9,11H,5-6,10H2,1-4H3,(H,16,17). The van der Waals surface area contributed by atoms with Crippen molar-refractivity contribution in [2.24, 2.45) is 0 Å². The second-order valence-corrected chi connectivity index (χ2v) is 4.68. The molecule has 4 heteroatoms. The molecule has 1 N–H and O–H groups in total. The lowest BCUT2D eigenvalue weighted by Gasteiger charge is -2.14. The Hall–Kier alpha value is -1.71. The molecule has 0 saturated heterocycles. The third-order valence-electron chi connectivity index (χ3n) is 2.56. The Labute approximate surface area is 115 Å². The number of hydrogen-bond donors (Lipinski definition) is 1. The van der Waals surface area contributed by atoms with Gasteiger partial charge in [0.05, 0.1) is 13.2 Å². The van der Waals surface area contributed by atoms with Crippen molar-refractivity contribution in [1.29, 1.82) is 0 Å². The fourth-order valence-corrected chi connectivity index (χ4v) is 1.69. The number of amides is 1. The maximum Gasteiger partial charge on any atom is 0.220 e. The van der Waals surface area contributed by atoms with Gasteiger partial charge < -0.3 is 14.8 Å². The van der Waals surface area contributed by atoms with Crippen LogP contribution in [0, 0.1) is 0 Å². The van der Waals surface area contributed by atoms with Crippen LogP contribution in [0.5, 0.6) is 11.5 Å². The van der Waals surface area contributed by atoms with E-state index in [4.69, 9.17) is 9.47 Å². The molecule has 106 valence electrons. The molecule has 0 saturated carbocycles. The normalized spacial score (nSPS) is 10.4. The van der Waals surface area contributed by atoms with E-state index in [9.17, 15) is 4.79 Å². The fraction of sp³-hybridized carbons (Fsp3) is 0.533. The molecule has 0 bridgehead atoms. The van der Waals surface area contributed by atoms with Gasteiger partial charge in [0.1, 0.15) is 0 Å². The van der Waals surface area contributed by atoms with Gasteiger partial charge in [0.25, 0.3) is 0 Å². The molecule has 0 atom stereocenters. The van der Waals surface area contributed by atoms with Crippen molar-refractivity contribution in [1.82, 2.24) is 5.32 Å². The summed E-state index contributed by atoms with van der Waals surface area (Å²) in [4.78, 5) is 11.4. The first-order valence-electron chi connectivity index (χ1n) is 6.67. The lowest BCUT2D eigenvalue weighted by atomic mass is 10.2. The maximum absolute atomic E-state index is 11.4. The average molecular weight is 265 g/mol. The summed E-state index contributed by atoms with van der Waals surface area (Å²) in [6.07, 6.45) is 1.52. The average Bonchev–Trinajstić information content (AvgIpc) is 2.37. The Morgan fingerprint density at radius 3 is 2.63 bits per heavy atom. The highest BCUT2D eigenvalue weighted by Gasteiger charge is 2.08. The van der Waals surface area contributed by atoms with Gasteiger partial charge in [0.2, 0.25) is 5.91 Å². The molecule has 0 fully saturated rings. The summed E-state index contributed by atoms with van der Waals surface area (Å²) in [5, 5.41) is 2.88. The molecule has 1 aromatic carbocycles. The molecule has 0 radical (unpaired) electrons. The van der Waals surface area contributed by atoms with Crippen molar-refractivity contribution in [3.05, 3.63) is 23.8 Å². The number of carbonyl (C=O) groups excluding carboxylic acids is 1. The number of methoxy groups -OCH3 is 1. The van der Waals surface area contributed by atoms with Gasteiger partial charge in [-0.15, -0.1) is 0 Å². The highest BCUT2D eigenvalue weighted by Crippen LogP contribution is 2.28. The number of benzene rings is 1. The Kier molecular flexibility index (Phi) is 6.19. The molecule has 4 nitrogen and oxygen atoms in total. The van der Waals surface area contributed by atoms with Gasteiger partial charge in [-0.3, -0.25) is 4.79 Å². The largest absolute Gasteiger partial charge is 0.493 e. The molecule has 1 aromatic rings. The van der Waals surface area contributed by atoms with Crippen LogP contribution in [-0.2, 0) is 11.3 Å². The van der Waals surface area contributed by atoms with Gasteiger partial charge in [0.15, 0.2) is 11.5 Å². The van der Waals surface area contributed by atoms with Crippen LogP contribution >= 0.6 is 0 Å². The zero-order valence-corrected chi connectivity index (χ0v) is 12.2. The van der Waals surface area contributed by atoms with E-state index in [0.29, 0.717) is 18.7 Å². The van der Waals surface area contributed by atoms with E-state index in [1.54, 1.807) is 7.11 Å². The monoisotopic (exact) mass is 265 g/mol. The maximum atomic E-state index is 11.4. The van der Waals surface area contributed by atoms with Gasteiger partial charge in [0, 0.05) is 13.0 Å². The summed E-state index contributed by atoms with van der Waals surface area (Å²) < 4.78 is 10.9. The molecule has 0 heterocycles.